The van der Waals surface area contributed by atoms with Crippen LogP contribution in [0.3, 0.4) is 0 Å². The highest BCUT2D eigenvalue weighted by molar-refractivity contribution is 7.95. The molecule has 3 aliphatic rings. The molecule has 0 radical (unpaired) electrons. The summed E-state index contributed by atoms with van der Waals surface area (Å²) in [5.74, 6) is 0.252. The Hall–Kier alpha value is -2.14. The Bertz CT molecular complexity index is 1410. The van der Waals surface area contributed by atoms with Gasteiger partial charge < -0.3 is 4.90 Å². The van der Waals surface area contributed by atoms with Gasteiger partial charge in [-0.3, -0.25) is 4.55 Å². The van der Waals surface area contributed by atoms with Crippen molar-refractivity contribution >= 4 is 39.5 Å². The maximum absolute atomic E-state index is 11.8. The fourth-order valence-electron chi connectivity index (χ4n) is 6.22. The van der Waals surface area contributed by atoms with E-state index in [0.717, 1.165) is 52.1 Å². The van der Waals surface area contributed by atoms with Crippen LogP contribution in [0.1, 0.15) is 71.6 Å². The number of hydrogen-bond donors (Lipinski definition) is 2. The first-order valence-corrected chi connectivity index (χ1v) is 15.8. The summed E-state index contributed by atoms with van der Waals surface area (Å²) in [6.45, 7) is 15.9. The maximum Gasteiger partial charge on any atom is 0.269 e. The molecule has 2 N–H and O–H groups in total. The predicted octanol–water partition coefficient (Wildman–Crippen LogP) is 7.16. The Morgan fingerprint density at radius 2 is 1.92 bits per heavy atom. The average molecular weight is 574 g/mol. The minimum absolute atomic E-state index is 0.145. The van der Waals surface area contributed by atoms with Crippen LogP contribution in [0.15, 0.2) is 58.7 Å². The number of anilines is 1. The Morgan fingerprint density at radius 1 is 1.21 bits per heavy atom. The molecule has 1 aromatic carbocycles. The van der Waals surface area contributed by atoms with Gasteiger partial charge in [0, 0.05) is 41.0 Å². The zero-order chi connectivity index (χ0) is 28.8. The lowest BCUT2D eigenvalue weighted by atomic mass is 9.66. The lowest BCUT2D eigenvalue weighted by molar-refractivity contribution is -0.432. The number of allylic oxidation sites excluding steroid dienone is 6. The quantitative estimate of drug-likeness (QED) is 0.106. The van der Waals surface area contributed by atoms with Crippen LogP contribution in [-0.4, -0.2) is 41.8 Å². The molecule has 9 heteroatoms. The van der Waals surface area contributed by atoms with Crippen molar-refractivity contribution < 1.29 is 27.6 Å². The van der Waals surface area contributed by atoms with E-state index < -0.39 is 15.9 Å². The highest BCUT2D eigenvalue weighted by Gasteiger charge is 2.38. The molecule has 0 bridgehead atoms. The smallest absolute Gasteiger partial charge is 0.269 e. The van der Waals surface area contributed by atoms with E-state index in [1.165, 1.54) is 11.1 Å². The molecule has 1 aromatic rings. The van der Waals surface area contributed by atoms with E-state index in [0.29, 0.717) is 17.7 Å². The molecule has 1 heterocycles. The van der Waals surface area contributed by atoms with E-state index in [4.69, 9.17) is 9.59 Å². The van der Waals surface area contributed by atoms with E-state index in [1.54, 1.807) is 0 Å². The molecule has 0 atom stereocenters. The Balaban J connectivity index is 1.86. The molecular formula is C30H39NO6S2. The molecule has 0 fully saturated rings. The van der Waals surface area contributed by atoms with Gasteiger partial charge in [0.1, 0.15) is 5.75 Å². The van der Waals surface area contributed by atoms with Crippen molar-refractivity contribution in [2.75, 3.05) is 23.0 Å². The fourth-order valence-corrected chi connectivity index (χ4v) is 7.35. The van der Waals surface area contributed by atoms with Gasteiger partial charge >= 0.3 is 0 Å². The van der Waals surface area contributed by atoms with E-state index >= 15 is 0 Å². The molecule has 0 unspecified atom stereocenters. The van der Waals surface area contributed by atoms with Crippen molar-refractivity contribution in [3.05, 3.63) is 75.4 Å². The first-order chi connectivity index (χ1) is 18.2. The van der Waals surface area contributed by atoms with Gasteiger partial charge in [-0.1, -0.05) is 57.0 Å². The second kappa shape index (κ2) is 11.0. The summed E-state index contributed by atoms with van der Waals surface area (Å²) in [5.41, 5.74) is 9.06. The molecular weight excluding hydrogens is 534 g/mol. The van der Waals surface area contributed by atoms with Gasteiger partial charge in [-0.05, 0) is 90.3 Å². The molecule has 1 aliphatic heterocycles. The Morgan fingerprint density at radius 3 is 2.54 bits per heavy atom. The zero-order valence-electron chi connectivity index (χ0n) is 23.7. The third kappa shape index (κ3) is 6.14. The van der Waals surface area contributed by atoms with Gasteiger partial charge in [0.25, 0.3) is 10.1 Å². The summed E-state index contributed by atoms with van der Waals surface area (Å²) in [4.78, 5) is 2.40. The van der Waals surface area contributed by atoms with Crippen molar-refractivity contribution in [3.63, 3.8) is 0 Å². The summed E-state index contributed by atoms with van der Waals surface area (Å²) in [5, 5.41) is 12.5. The molecule has 2 aliphatic carbocycles. The normalized spacial score (nSPS) is 19.9. The van der Waals surface area contributed by atoms with Crippen molar-refractivity contribution in [1.29, 1.82) is 0 Å². The molecule has 0 spiro atoms. The number of fused-ring (bicyclic) bond motifs is 3. The van der Waals surface area contributed by atoms with Crippen LogP contribution in [0.2, 0.25) is 0 Å². The van der Waals surface area contributed by atoms with Crippen LogP contribution in [0.4, 0.5) is 5.69 Å². The Kier molecular flexibility index (Phi) is 8.44. The molecule has 7 nitrogen and oxygen atoms in total. The van der Waals surface area contributed by atoms with Crippen LogP contribution in [0, 0.1) is 5.92 Å². The van der Waals surface area contributed by atoms with Gasteiger partial charge in [-0.2, -0.15) is 8.42 Å². The van der Waals surface area contributed by atoms with Crippen LogP contribution in [0.25, 0.3) is 11.6 Å². The highest BCUT2D eigenvalue weighted by atomic mass is 32.2. The summed E-state index contributed by atoms with van der Waals surface area (Å²) < 4.78 is 37.9. The van der Waals surface area contributed by atoms with Gasteiger partial charge in [0.2, 0.25) is 0 Å². The van der Waals surface area contributed by atoms with Crippen molar-refractivity contribution in [2.45, 2.75) is 65.8 Å². The third-order valence-corrected chi connectivity index (χ3v) is 9.01. The highest BCUT2D eigenvalue weighted by Crippen LogP contribution is 2.50. The largest absolute Gasteiger partial charge is 0.363 e. The Labute approximate surface area is 236 Å². The first-order valence-electron chi connectivity index (χ1n) is 13.3. The predicted molar refractivity (Wildman–Crippen MR) is 160 cm³/mol. The molecule has 0 aromatic heterocycles. The summed E-state index contributed by atoms with van der Waals surface area (Å²) >= 11 is 1.03. The van der Waals surface area contributed by atoms with Crippen LogP contribution in [0.5, 0.6) is 0 Å². The molecule has 4 rings (SSSR count). The maximum atomic E-state index is 11.8. The molecule has 0 saturated heterocycles. The van der Waals surface area contributed by atoms with Crippen LogP contribution in [-0.2, 0) is 24.9 Å². The minimum Gasteiger partial charge on any atom is -0.363 e. The molecule has 0 saturated carbocycles. The number of likely N-dealkylation sites (N-methyl/N-ethyl adjacent to an activating group) is 1. The van der Waals surface area contributed by atoms with Crippen molar-refractivity contribution in [3.8, 4) is 0 Å². The molecule has 0 amide bonds. The second-order valence-electron chi connectivity index (χ2n) is 11.8. The SMILES string of the molecule is CCN1c2cc3c(cc2C(CSOOO)=CC1(C)C)C=C1C=C(C(=CC(C)C)CS(=O)(=O)O)CC=C1C3(C)C. The number of nitrogens with zero attached hydrogens (tertiary/aromatic N) is 1. The lowest BCUT2D eigenvalue weighted by Crippen LogP contribution is -2.45. The topological polar surface area (TPSA) is 96.3 Å². The lowest BCUT2D eigenvalue weighted by Gasteiger charge is -2.45. The van der Waals surface area contributed by atoms with E-state index in [9.17, 15) is 13.0 Å². The number of benzene rings is 1. The van der Waals surface area contributed by atoms with E-state index in [1.807, 2.05) is 19.9 Å². The average Bonchev–Trinajstić information content (AvgIpc) is 2.81. The summed E-state index contributed by atoms with van der Waals surface area (Å²) in [7, 11) is -4.16. The molecule has 212 valence electrons. The first kappa shape index (κ1) is 29.8. The zero-order valence-corrected chi connectivity index (χ0v) is 25.4. The number of rotatable bonds is 9. The van der Waals surface area contributed by atoms with Crippen LogP contribution < -0.4 is 4.90 Å². The van der Waals surface area contributed by atoms with E-state index in [-0.39, 0.29) is 16.9 Å². The standard InChI is InChI=1S/C30H39NO6S2/c1-8-31-28-15-27-22(14-25(28)24(16-29(31,4)5)17-38-37-36-32)13-21-12-20(9-10-26(21)30(27,6)7)23(11-19(2)3)18-39(33,34)35/h10-16,19,32H,8-9,17-18H2,1-7H3,(H,33,34,35). The van der Waals surface area contributed by atoms with Gasteiger partial charge in [0.05, 0.1) is 5.54 Å². The van der Waals surface area contributed by atoms with Crippen LogP contribution >= 0.6 is 12.0 Å². The van der Waals surface area contributed by atoms with Gasteiger partial charge in [0.15, 0.2) is 0 Å². The molecule has 39 heavy (non-hydrogen) atoms. The summed E-state index contributed by atoms with van der Waals surface area (Å²) in [6, 6.07) is 4.54. The van der Waals surface area contributed by atoms with Crippen molar-refractivity contribution in [2.24, 2.45) is 5.92 Å². The summed E-state index contributed by atoms with van der Waals surface area (Å²) in [6.07, 6.45) is 11.2. The van der Waals surface area contributed by atoms with Gasteiger partial charge in [-0.25, -0.2) is 5.26 Å². The van der Waals surface area contributed by atoms with Crippen molar-refractivity contribution in [1.82, 2.24) is 0 Å². The van der Waals surface area contributed by atoms with E-state index in [2.05, 4.69) is 81.0 Å². The third-order valence-electron chi connectivity index (χ3n) is 7.75. The second-order valence-corrected chi connectivity index (χ2v) is 13.9. The minimum atomic E-state index is -4.16. The monoisotopic (exact) mass is 573 g/mol. The van der Waals surface area contributed by atoms with Gasteiger partial charge in [-0.15, -0.1) is 4.33 Å². The fraction of sp³-hybridized carbons (Fsp3) is 0.467. The number of hydrogen-bond acceptors (Lipinski definition) is 7.